The highest BCUT2D eigenvalue weighted by Gasteiger charge is 2.21. The Hall–Kier alpha value is -9.30. The van der Waals surface area contributed by atoms with E-state index in [1.165, 1.54) is 136 Å². The van der Waals surface area contributed by atoms with Gasteiger partial charge in [0, 0.05) is 22.8 Å². The monoisotopic (exact) mass is 897 g/mol. The minimum atomic E-state index is 1.11. The Morgan fingerprint density at radius 1 is 0.197 bits per heavy atom. The molecular weight excluding hydrogens is 855 g/mol. The van der Waals surface area contributed by atoms with Crippen molar-refractivity contribution < 1.29 is 0 Å². The second kappa shape index (κ2) is 15.6. The Labute approximate surface area is 410 Å². The summed E-state index contributed by atoms with van der Waals surface area (Å²) in [7, 11) is 0. The molecule has 0 aliphatic heterocycles. The fourth-order valence-corrected chi connectivity index (χ4v) is 12.0. The average molecular weight is 898 g/mol. The van der Waals surface area contributed by atoms with Crippen LogP contribution in [0.1, 0.15) is 0 Å². The van der Waals surface area contributed by atoms with E-state index in [1.54, 1.807) is 0 Å². The number of fused-ring (bicyclic) bond motifs is 13. The van der Waals surface area contributed by atoms with Gasteiger partial charge in [0.15, 0.2) is 0 Å². The van der Waals surface area contributed by atoms with Crippen LogP contribution in [0.25, 0.3) is 147 Å². The smallest absolute Gasteiger partial charge is 0.0535 e. The van der Waals surface area contributed by atoms with Crippen molar-refractivity contribution in [2.24, 2.45) is 0 Å². The van der Waals surface area contributed by atoms with Gasteiger partial charge in [-0.3, -0.25) is 0 Å². The molecule has 0 saturated carbocycles. The van der Waals surface area contributed by atoms with Gasteiger partial charge in [0.1, 0.15) is 0 Å². The van der Waals surface area contributed by atoms with Gasteiger partial charge in [0.2, 0.25) is 0 Å². The van der Waals surface area contributed by atoms with Gasteiger partial charge in [-0.1, -0.05) is 200 Å². The van der Waals surface area contributed by atoms with E-state index < -0.39 is 0 Å². The number of hydrogen-bond acceptors (Lipinski definition) is 0. The molecule has 1 aromatic heterocycles. The summed E-state index contributed by atoms with van der Waals surface area (Å²) in [5.41, 5.74) is 11.9. The van der Waals surface area contributed by atoms with E-state index in [2.05, 4.69) is 266 Å². The summed E-state index contributed by atoms with van der Waals surface area (Å²) in [6.45, 7) is 0. The molecule has 0 amide bonds. The first kappa shape index (κ1) is 39.7. The van der Waals surface area contributed by atoms with Crippen molar-refractivity contribution in [2.45, 2.75) is 0 Å². The summed E-state index contributed by atoms with van der Waals surface area (Å²) in [4.78, 5) is 0. The maximum Gasteiger partial charge on any atom is 0.0535 e. The molecule has 0 spiro atoms. The fraction of sp³-hybridized carbons (Fsp3) is 0. The molecule has 0 fully saturated rings. The van der Waals surface area contributed by atoms with Crippen LogP contribution >= 0.6 is 0 Å². The normalized spacial score (nSPS) is 11.9. The third-order valence-electron chi connectivity index (χ3n) is 15.3. The predicted molar refractivity (Wildman–Crippen MR) is 305 cm³/mol. The van der Waals surface area contributed by atoms with Gasteiger partial charge < -0.3 is 4.57 Å². The molecule has 0 aliphatic carbocycles. The predicted octanol–water partition coefficient (Wildman–Crippen LogP) is 19.5. The van der Waals surface area contributed by atoms with Crippen molar-refractivity contribution in [1.82, 2.24) is 4.57 Å². The largest absolute Gasteiger partial charge is 0.316 e. The Balaban J connectivity index is 1.06. The average Bonchev–Trinajstić information content (AvgIpc) is 3.83. The molecule has 0 aliphatic rings. The summed E-state index contributed by atoms with van der Waals surface area (Å²) in [6, 6.07) is 95.0. The summed E-state index contributed by atoms with van der Waals surface area (Å²) in [5.74, 6) is 0. The highest BCUT2D eigenvalue weighted by molar-refractivity contribution is 6.19. The quantitative estimate of drug-likeness (QED) is 0.152. The lowest BCUT2D eigenvalue weighted by atomic mass is 9.89. The number of hydrogen-bond donors (Lipinski definition) is 0. The lowest BCUT2D eigenvalue weighted by Gasteiger charge is -2.17. The zero-order valence-corrected chi connectivity index (χ0v) is 38.8. The molecule has 14 aromatic carbocycles. The fourth-order valence-electron chi connectivity index (χ4n) is 12.0. The maximum atomic E-state index is 2.47. The standard InChI is InChI=1S/C70H43N/c1-5-21-52-44(17-1)38-64(60-29-13-9-25-56(52)60)48-33-34-70-68(42-48)69(67-41-47-20-4-8-24-55(47)59-28-12-16-32-63(59)67)43-71(70)51-36-49(65-39-45-18-2-6-22-53(45)57-26-10-14-30-61(57)65)35-50(37-51)66-40-46-19-3-7-23-54(46)58-27-11-15-31-62(58)66/h1-43H. The Kier molecular flexibility index (Phi) is 8.73. The van der Waals surface area contributed by atoms with Gasteiger partial charge in [-0.15, -0.1) is 0 Å². The highest BCUT2D eigenvalue weighted by Crippen LogP contribution is 2.45. The van der Waals surface area contributed by atoms with Gasteiger partial charge >= 0.3 is 0 Å². The second-order valence-corrected chi connectivity index (χ2v) is 19.2. The third kappa shape index (κ3) is 6.20. The van der Waals surface area contributed by atoms with Crippen LogP contribution in [-0.4, -0.2) is 4.57 Å². The van der Waals surface area contributed by atoms with Crippen molar-refractivity contribution in [3.8, 4) is 50.2 Å². The molecule has 0 bridgehead atoms. The van der Waals surface area contributed by atoms with Crippen LogP contribution in [0.4, 0.5) is 0 Å². The molecule has 0 radical (unpaired) electrons. The first-order valence-electron chi connectivity index (χ1n) is 24.6. The van der Waals surface area contributed by atoms with Crippen LogP contribution in [0.5, 0.6) is 0 Å². The van der Waals surface area contributed by atoms with Crippen LogP contribution in [0.2, 0.25) is 0 Å². The van der Waals surface area contributed by atoms with Crippen LogP contribution in [0, 0.1) is 0 Å². The van der Waals surface area contributed by atoms with E-state index in [9.17, 15) is 0 Å². The Morgan fingerprint density at radius 2 is 0.521 bits per heavy atom. The van der Waals surface area contributed by atoms with E-state index in [0.717, 1.165) is 11.2 Å². The number of aromatic nitrogens is 1. The lowest BCUT2D eigenvalue weighted by molar-refractivity contribution is 1.13. The van der Waals surface area contributed by atoms with Crippen molar-refractivity contribution in [1.29, 1.82) is 0 Å². The van der Waals surface area contributed by atoms with E-state index >= 15 is 0 Å². The summed E-state index contributed by atoms with van der Waals surface area (Å²) >= 11 is 0. The molecule has 0 N–H and O–H groups in total. The molecule has 328 valence electrons. The van der Waals surface area contributed by atoms with E-state index in [-0.39, 0.29) is 0 Å². The molecule has 0 saturated heterocycles. The van der Waals surface area contributed by atoms with E-state index in [1.807, 2.05) is 0 Å². The van der Waals surface area contributed by atoms with Crippen molar-refractivity contribution in [3.63, 3.8) is 0 Å². The zero-order valence-electron chi connectivity index (χ0n) is 38.8. The molecule has 0 atom stereocenters. The van der Waals surface area contributed by atoms with E-state index in [0.29, 0.717) is 0 Å². The number of rotatable bonds is 5. The molecule has 1 heteroatoms. The number of nitrogens with zero attached hydrogens (tertiary/aromatic N) is 1. The SMILES string of the molecule is c1ccc2c(c1)cc(-c1cc(-c3cc4ccccc4c4ccccc34)cc(-n3cc(-c4cc5ccccc5c5ccccc45)c4cc(-c5cc6ccccc6c6ccccc56)ccc43)c1)c1ccccc12. The molecular formula is C70H43N. The van der Waals surface area contributed by atoms with Gasteiger partial charge in [-0.2, -0.15) is 0 Å². The first-order valence-corrected chi connectivity index (χ1v) is 24.6. The van der Waals surface area contributed by atoms with Gasteiger partial charge in [-0.25, -0.2) is 0 Å². The van der Waals surface area contributed by atoms with E-state index in [4.69, 9.17) is 0 Å². The minimum absolute atomic E-state index is 1.11. The Bertz CT molecular complexity index is 4570. The molecule has 1 nitrogen and oxygen atoms in total. The molecule has 15 rings (SSSR count). The minimum Gasteiger partial charge on any atom is -0.316 e. The van der Waals surface area contributed by atoms with Crippen molar-refractivity contribution >= 4 is 97.1 Å². The topological polar surface area (TPSA) is 4.93 Å². The third-order valence-corrected chi connectivity index (χ3v) is 15.3. The van der Waals surface area contributed by atoms with Crippen molar-refractivity contribution in [3.05, 3.63) is 261 Å². The first-order chi connectivity index (χ1) is 35.2. The summed E-state index contributed by atoms with van der Waals surface area (Å²) in [6.07, 6.45) is 2.42. The molecule has 1 heterocycles. The van der Waals surface area contributed by atoms with Crippen molar-refractivity contribution in [2.75, 3.05) is 0 Å². The van der Waals surface area contributed by atoms with Crippen LogP contribution in [0.3, 0.4) is 0 Å². The maximum absolute atomic E-state index is 2.47. The van der Waals surface area contributed by atoms with Gasteiger partial charge in [0.25, 0.3) is 0 Å². The molecule has 71 heavy (non-hydrogen) atoms. The van der Waals surface area contributed by atoms with Gasteiger partial charge in [0.05, 0.1) is 5.52 Å². The van der Waals surface area contributed by atoms with Crippen LogP contribution < -0.4 is 0 Å². The Morgan fingerprint density at radius 3 is 0.930 bits per heavy atom. The lowest BCUT2D eigenvalue weighted by Crippen LogP contribution is -1.96. The van der Waals surface area contributed by atoms with Crippen LogP contribution in [-0.2, 0) is 0 Å². The van der Waals surface area contributed by atoms with Gasteiger partial charge in [-0.05, 0) is 180 Å². The summed E-state index contributed by atoms with van der Waals surface area (Å²) < 4.78 is 2.47. The summed E-state index contributed by atoms with van der Waals surface area (Å²) in [5, 5.41) is 21.2. The number of benzene rings is 14. The highest BCUT2D eigenvalue weighted by atomic mass is 15.0. The van der Waals surface area contributed by atoms with Crippen LogP contribution in [0.15, 0.2) is 261 Å². The molecule has 0 unspecified atom stereocenters. The molecule has 15 aromatic rings. The second-order valence-electron chi connectivity index (χ2n) is 19.2. The zero-order chi connectivity index (χ0) is 46.6.